The molecule has 36 heavy (non-hydrogen) atoms. The summed E-state index contributed by atoms with van der Waals surface area (Å²) in [4.78, 5) is 28.2. The van der Waals surface area contributed by atoms with Crippen LogP contribution in [0, 0.1) is 13.8 Å². The predicted molar refractivity (Wildman–Crippen MR) is 145 cm³/mol. The monoisotopic (exact) mass is 516 g/mol. The highest BCUT2D eigenvalue weighted by Gasteiger charge is 2.33. The maximum atomic E-state index is 13.7. The second-order valence-corrected chi connectivity index (χ2v) is 11.5. The Hall–Kier alpha value is -2.91. The zero-order valence-corrected chi connectivity index (χ0v) is 23.3. The first-order chi connectivity index (χ1) is 16.9. The van der Waals surface area contributed by atoms with Crippen LogP contribution in [0.2, 0.25) is 0 Å². The number of benzene rings is 2. The van der Waals surface area contributed by atoms with Crippen LogP contribution in [0.3, 0.4) is 0 Å². The first-order valence-electron chi connectivity index (χ1n) is 12.3. The zero-order valence-electron chi connectivity index (χ0n) is 22.5. The van der Waals surface area contributed by atoms with Crippen LogP contribution >= 0.6 is 0 Å². The first-order valence-corrected chi connectivity index (χ1v) is 13.7. The van der Waals surface area contributed by atoms with Crippen LogP contribution in [0.5, 0.6) is 0 Å². The van der Waals surface area contributed by atoms with Crippen molar-refractivity contribution in [3.63, 3.8) is 0 Å². The Balaban J connectivity index is 2.43. The minimum absolute atomic E-state index is 0.0356. The van der Waals surface area contributed by atoms with Gasteiger partial charge in [-0.15, -0.1) is 0 Å². The smallest absolute Gasteiger partial charge is 0.304 e. The number of hydrogen-bond acceptors (Lipinski definition) is 4. The summed E-state index contributed by atoms with van der Waals surface area (Å²) in [5, 5.41) is 2.94. The lowest BCUT2D eigenvalue weighted by Crippen LogP contribution is -2.54. The molecular formula is C27H40N4O4S. The van der Waals surface area contributed by atoms with E-state index >= 15 is 0 Å². The molecule has 0 fully saturated rings. The minimum Gasteiger partial charge on any atom is -0.352 e. The second-order valence-electron chi connectivity index (χ2n) is 9.40. The van der Waals surface area contributed by atoms with Crippen molar-refractivity contribution in [2.45, 2.75) is 59.5 Å². The minimum atomic E-state index is -3.98. The van der Waals surface area contributed by atoms with Gasteiger partial charge in [-0.05, 0) is 63.3 Å². The molecule has 2 amide bonds. The Morgan fingerprint density at radius 1 is 1.00 bits per heavy atom. The molecule has 0 heterocycles. The fraction of sp³-hybridized carbons (Fsp3) is 0.481. The number of hydrogen-bond donors (Lipinski definition) is 1. The zero-order chi connectivity index (χ0) is 27.0. The molecule has 1 N–H and O–H groups in total. The number of carbonyl (C=O) groups is 2. The van der Waals surface area contributed by atoms with Crippen LogP contribution in [-0.4, -0.2) is 68.7 Å². The molecule has 0 bridgehead atoms. The van der Waals surface area contributed by atoms with Gasteiger partial charge in [-0.2, -0.15) is 12.7 Å². The molecule has 2 aromatic rings. The van der Waals surface area contributed by atoms with Gasteiger partial charge in [0, 0.05) is 26.7 Å². The van der Waals surface area contributed by atoms with Gasteiger partial charge < -0.3 is 10.2 Å². The number of amides is 2. The van der Waals surface area contributed by atoms with Gasteiger partial charge in [-0.25, -0.2) is 4.31 Å². The summed E-state index contributed by atoms with van der Waals surface area (Å²) >= 11 is 0. The Bertz CT molecular complexity index is 1140. The number of carbonyl (C=O) groups excluding carboxylic acids is 2. The van der Waals surface area contributed by atoms with Crippen molar-refractivity contribution >= 4 is 27.7 Å². The Morgan fingerprint density at radius 2 is 1.64 bits per heavy atom. The molecule has 0 aliphatic carbocycles. The molecule has 2 atom stereocenters. The number of nitrogens with zero attached hydrogens (tertiary/aromatic N) is 3. The third kappa shape index (κ3) is 7.54. The number of anilines is 1. The average molecular weight is 517 g/mol. The Kier molecular flexibility index (Phi) is 10.5. The summed E-state index contributed by atoms with van der Waals surface area (Å²) in [5.74, 6) is -0.705. The van der Waals surface area contributed by atoms with Gasteiger partial charge in [0.05, 0.1) is 5.69 Å². The molecule has 0 saturated heterocycles. The highest BCUT2D eigenvalue weighted by Crippen LogP contribution is 2.25. The van der Waals surface area contributed by atoms with E-state index in [2.05, 4.69) is 5.32 Å². The van der Waals surface area contributed by atoms with Crippen LogP contribution in [-0.2, 0) is 26.2 Å². The van der Waals surface area contributed by atoms with Gasteiger partial charge in [-0.3, -0.25) is 9.59 Å². The molecule has 0 unspecified atom stereocenters. The molecule has 0 aromatic heterocycles. The van der Waals surface area contributed by atoms with Crippen molar-refractivity contribution in [3.05, 3.63) is 65.2 Å². The molecule has 8 nitrogen and oxygen atoms in total. The van der Waals surface area contributed by atoms with Gasteiger partial charge in [0.1, 0.15) is 12.6 Å². The van der Waals surface area contributed by atoms with E-state index in [9.17, 15) is 18.0 Å². The van der Waals surface area contributed by atoms with E-state index in [1.807, 2.05) is 70.2 Å². The van der Waals surface area contributed by atoms with E-state index in [0.29, 0.717) is 12.1 Å². The molecule has 0 saturated carbocycles. The molecule has 0 radical (unpaired) electrons. The van der Waals surface area contributed by atoms with E-state index in [-0.39, 0.29) is 18.5 Å². The maximum Gasteiger partial charge on any atom is 0.304 e. The van der Waals surface area contributed by atoms with Gasteiger partial charge in [0.25, 0.3) is 0 Å². The summed E-state index contributed by atoms with van der Waals surface area (Å²) in [6.07, 6.45) is 1.30. The average Bonchev–Trinajstić information content (AvgIpc) is 2.84. The topological polar surface area (TPSA) is 90.0 Å². The standard InChI is InChI=1S/C27H40N4O4S/c1-8-22(4)28-27(33)23(5)30(17-16-24-12-10-9-11-13-24)26(32)19-31(36(34,35)29(6)7)25-18-20(2)14-15-21(25)3/h9-15,18,22-23H,8,16-17,19H2,1-7H3,(H,28,33)/t22-,23-/m0/s1. The van der Waals surface area contributed by atoms with Crippen molar-refractivity contribution in [2.75, 3.05) is 31.5 Å². The summed E-state index contributed by atoms with van der Waals surface area (Å²) in [5.41, 5.74) is 3.08. The van der Waals surface area contributed by atoms with Crippen molar-refractivity contribution in [3.8, 4) is 0 Å². The predicted octanol–water partition coefficient (Wildman–Crippen LogP) is 3.29. The SMILES string of the molecule is CC[C@H](C)NC(=O)[C@H](C)N(CCc1ccccc1)C(=O)CN(c1cc(C)ccc1C)S(=O)(=O)N(C)C. The molecule has 2 aromatic carbocycles. The van der Waals surface area contributed by atoms with Crippen molar-refractivity contribution < 1.29 is 18.0 Å². The summed E-state index contributed by atoms with van der Waals surface area (Å²) in [6.45, 7) is 9.12. The van der Waals surface area contributed by atoms with Gasteiger partial charge in [0.2, 0.25) is 11.8 Å². The van der Waals surface area contributed by atoms with E-state index in [1.54, 1.807) is 13.0 Å². The molecule has 2 rings (SSSR count). The maximum absolute atomic E-state index is 13.7. The van der Waals surface area contributed by atoms with Crippen LogP contribution in [0.25, 0.3) is 0 Å². The fourth-order valence-electron chi connectivity index (χ4n) is 3.73. The van der Waals surface area contributed by atoms with Crippen molar-refractivity contribution in [2.24, 2.45) is 0 Å². The lowest BCUT2D eigenvalue weighted by Gasteiger charge is -2.33. The lowest BCUT2D eigenvalue weighted by atomic mass is 10.1. The summed E-state index contributed by atoms with van der Waals surface area (Å²) in [6, 6.07) is 14.4. The summed E-state index contributed by atoms with van der Waals surface area (Å²) in [7, 11) is -1.10. The van der Waals surface area contributed by atoms with E-state index < -0.39 is 28.7 Å². The molecule has 9 heteroatoms. The van der Waals surface area contributed by atoms with E-state index in [0.717, 1.165) is 31.7 Å². The van der Waals surface area contributed by atoms with E-state index in [4.69, 9.17) is 0 Å². The second kappa shape index (κ2) is 12.9. The lowest BCUT2D eigenvalue weighted by molar-refractivity contribution is -0.139. The molecule has 198 valence electrons. The van der Waals surface area contributed by atoms with Crippen molar-refractivity contribution in [1.82, 2.24) is 14.5 Å². The third-order valence-electron chi connectivity index (χ3n) is 6.30. The van der Waals surface area contributed by atoms with E-state index in [1.165, 1.54) is 19.0 Å². The Morgan fingerprint density at radius 3 is 2.22 bits per heavy atom. The third-order valence-corrected chi connectivity index (χ3v) is 8.11. The molecular weight excluding hydrogens is 476 g/mol. The van der Waals surface area contributed by atoms with Gasteiger partial charge >= 0.3 is 10.2 Å². The van der Waals surface area contributed by atoms with Crippen LogP contribution in [0.4, 0.5) is 5.69 Å². The van der Waals surface area contributed by atoms with Crippen LogP contribution in [0.15, 0.2) is 48.5 Å². The van der Waals surface area contributed by atoms with Crippen LogP contribution in [0.1, 0.15) is 43.9 Å². The van der Waals surface area contributed by atoms with Crippen molar-refractivity contribution in [1.29, 1.82) is 0 Å². The van der Waals surface area contributed by atoms with Gasteiger partial charge in [-0.1, -0.05) is 49.4 Å². The highest BCUT2D eigenvalue weighted by atomic mass is 32.2. The Labute approximate surface area is 216 Å². The quantitative estimate of drug-likeness (QED) is 0.469. The fourth-order valence-corrected chi connectivity index (χ4v) is 4.84. The number of aryl methyl sites for hydroxylation is 2. The number of nitrogens with one attached hydrogen (secondary N) is 1. The summed E-state index contributed by atoms with van der Waals surface area (Å²) < 4.78 is 28.9. The number of rotatable bonds is 12. The normalized spacial score (nSPS) is 13.2. The molecule has 0 spiro atoms. The largest absolute Gasteiger partial charge is 0.352 e. The van der Waals surface area contributed by atoms with Crippen LogP contribution < -0.4 is 9.62 Å². The van der Waals surface area contributed by atoms with Gasteiger partial charge in [0.15, 0.2) is 0 Å². The molecule has 0 aliphatic rings. The molecule has 0 aliphatic heterocycles. The first kappa shape index (κ1) is 29.3. The highest BCUT2D eigenvalue weighted by molar-refractivity contribution is 7.90.